The summed E-state index contributed by atoms with van der Waals surface area (Å²) in [5.41, 5.74) is 5.57. The Morgan fingerprint density at radius 3 is 2.83 bits per heavy atom. The molecule has 2 nitrogen and oxygen atoms in total. The molecule has 0 saturated carbocycles. The lowest BCUT2D eigenvalue weighted by molar-refractivity contribution is 0.309. The standard InChI is InChI=1S/C10H20N2/c1-8-4-10-5-9(2-3-11)7-12(10)6-8/h8-10H,2-7,11H2,1H3. The fourth-order valence-corrected chi connectivity index (χ4v) is 2.94. The first-order chi connectivity index (χ1) is 5.79. The van der Waals surface area contributed by atoms with Crippen LogP contribution >= 0.6 is 0 Å². The lowest BCUT2D eigenvalue weighted by Gasteiger charge is -2.13. The first-order valence-corrected chi connectivity index (χ1v) is 5.23. The third-order valence-corrected chi connectivity index (χ3v) is 3.41. The fourth-order valence-electron chi connectivity index (χ4n) is 2.94. The highest BCUT2D eigenvalue weighted by Gasteiger charge is 2.37. The van der Waals surface area contributed by atoms with Crippen molar-refractivity contribution in [3.63, 3.8) is 0 Å². The summed E-state index contributed by atoms with van der Waals surface area (Å²) in [6, 6.07) is 0.913. The average molecular weight is 168 g/mol. The zero-order valence-electron chi connectivity index (χ0n) is 8.00. The SMILES string of the molecule is CC1CC2CC(CCN)CN2C1. The maximum absolute atomic E-state index is 5.57. The molecule has 3 atom stereocenters. The highest BCUT2D eigenvalue weighted by atomic mass is 15.2. The van der Waals surface area contributed by atoms with E-state index < -0.39 is 0 Å². The fraction of sp³-hybridized carbons (Fsp3) is 1.00. The van der Waals surface area contributed by atoms with Gasteiger partial charge in [-0.2, -0.15) is 0 Å². The molecule has 2 N–H and O–H groups in total. The van der Waals surface area contributed by atoms with Gasteiger partial charge in [-0.1, -0.05) is 6.92 Å². The molecule has 2 rings (SSSR count). The van der Waals surface area contributed by atoms with Crippen LogP contribution < -0.4 is 5.73 Å². The molecule has 70 valence electrons. The molecule has 12 heavy (non-hydrogen) atoms. The second-order valence-electron chi connectivity index (χ2n) is 4.63. The van der Waals surface area contributed by atoms with Gasteiger partial charge < -0.3 is 5.73 Å². The minimum absolute atomic E-state index is 0.876. The molecule has 0 aliphatic carbocycles. The molecule has 0 bridgehead atoms. The van der Waals surface area contributed by atoms with Crippen molar-refractivity contribution in [1.82, 2.24) is 4.90 Å². The highest BCUT2D eigenvalue weighted by molar-refractivity contribution is 4.91. The summed E-state index contributed by atoms with van der Waals surface area (Å²) >= 11 is 0. The third kappa shape index (κ3) is 1.50. The van der Waals surface area contributed by atoms with Crippen molar-refractivity contribution < 1.29 is 0 Å². The van der Waals surface area contributed by atoms with Gasteiger partial charge >= 0.3 is 0 Å². The van der Waals surface area contributed by atoms with Crippen LogP contribution in [0.2, 0.25) is 0 Å². The summed E-state index contributed by atoms with van der Waals surface area (Å²) in [6.45, 7) is 5.91. The van der Waals surface area contributed by atoms with Crippen molar-refractivity contribution in [2.24, 2.45) is 17.6 Å². The molecule has 2 fully saturated rings. The Kier molecular flexibility index (Phi) is 2.37. The van der Waals surface area contributed by atoms with Gasteiger partial charge in [0.25, 0.3) is 0 Å². The summed E-state index contributed by atoms with van der Waals surface area (Å²) in [6.07, 6.45) is 4.09. The van der Waals surface area contributed by atoms with Crippen LogP contribution in [0.3, 0.4) is 0 Å². The van der Waals surface area contributed by atoms with Crippen LogP contribution in [0.15, 0.2) is 0 Å². The predicted molar refractivity (Wildman–Crippen MR) is 50.9 cm³/mol. The van der Waals surface area contributed by atoms with Crippen molar-refractivity contribution in [3.8, 4) is 0 Å². The minimum Gasteiger partial charge on any atom is -0.330 e. The van der Waals surface area contributed by atoms with Crippen molar-refractivity contribution >= 4 is 0 Å². The topological polar surface area (TPSA) is 29.3 Å². The zero-order chi connectivity index (χ0) is 8.55. The average Bonchev–Trinajstić information content (AvgIpc) is 2.44. The Morgan fingerprint density at radius 2 is 2.17 bits per heavy atom. The van der Waals surface area contributed by atoms with Crippen LogP contribution in [0, 0.1) is 11.8 Å². The van der Waals surface area contributed by atoms with E-state index in [9.17, 15) is 0 Å². The van der Waals surface area contributed by atoms with Crippen molar-refractivity contribution in [3.05, 3.63) is 0 Å². The zero-order valence-corrected chi connectivity index (χ0v) is 8.00. The van der Waals surface area contributed by atoms with E-state index in [4.69, 9.17) is 5.73 Å². The van der Waals surface area contributed by atoms with E-state index >= 15 is 0 Å². The number of hydrogen-bond acceptors (Lipinski definition) is 2. The van der Waals surface area contributed by atoms with Gasteiger partial charge in [-0.15, -0.1) is 0 Å². The Labute approximate surface area is 75.1 Å². The molecule has 0 radical (unpaired) electrons. The van der Waals surface area contributed by atoms with E-state index in [1.54, 1.807) is 0 Å². The van der Waals surface area contributed by atoms with Gasteiger partial charge in [-0.3, -0.25) is 4.90 Å². The molecule has 2 heterocycles. The Morgan fingerprint density at radius 1 is 1.33 bits per heavy atom. The normalized spacial score (nSPS) is 42.0. The quantitative estimate of drug-likeness (QED) is 0.668. The van der Waals surface area contributed by atoms with E-state index in [2.05, 4.69) is 11.8 Å². The van der Waals surface area contributed by atoms with Crippen LogP contribution in [0.5, 0.6) is 0 Å². The van der Waals surface area contributed by atoms with E-state index in [-0.39, 0.29) is 0 Å². The molecule has 2 aliphatic rings. The van der Waals surface area contributed by atoms with Gasteiger partial charge in [0.1, 0.15) is 0 Å². The second-order valence-corrected chi connectivity index (χ2v) is 4.63. The molecular weight excluding hydrogens is 148 g/mol. The van der Waals surface area contributed by atoms with Crippen LogP contribution in [0.4, 0.5) is 0 Å². The van der Waals surface area contributed by atoms with Gasteiger partial charge in [0.15, 0.2) is 0 Å². The first kappa shape index (κ1) is 8.52. The molecule has 0 aromatic carbocycles. The van der Waals surface area contributed by atoms with E-state index in [1.165, 1.54) is 32.4 Å². The van der Waals surface area contributed by atoms with Gasteiger partial charge in [-0.05, 0) is 37.6 Å². The van der Waals surface area contributed by atoms with Gasteiger partial charge in [0, 0.05) is 19.1 Å². The predicted octanol–water partition coefficient (Wildman–Crippen LogP) is 1.07. The van der Waals surface area contributed by atoms with Crippen molar-refractivity contribution in [2.45, 2.75) is 32.2 Å². The molecule has 0 aromatic rings. The summed E-state index contributed by atoms with van der Waals surface area (Å²) in [5, 5.41) is 0. The molecule has 0 aromatic heterocycles. The maximum Gasteiger partial charge on any atom is 0.0102 e. The molecular formula is C10H20N2. The van der Waals surface area contributed by atoms with Gasteiger partial charge in [0.2, 0.25) is 0 Å². The summed E-state index contributed by atoms with van der Waals surface area (Å²) in [7, 11) is 0. The summed E-state index contributed by atoms with van der Waals surface area (Å²) in [5.74, 6) is 1.85. The highest BCUT2D eigenvalue weighted by Crippen LogP contribution is 2.35. The molecule has 2 heteroatoms. The molecule has 3 unspecified atom stereocenters. The molecule has 0 amide bonds. The van der Waals surface area contributed by atoms with E-state index in [0.29, 0.717) is 0 Å². The number of nitrogens with two attached hydrogens (primary N) is 1. The Hall–Kier alpha value is -0.0800. The van der Waals surface area contributed by atoms with Crippen LogP contribution in [0.25, 0.3) is 0 Å². The van der Waals surface area contributed by atoms with Crippen LogP contribution in [-0.2, 0) is 0 Å². The third-order valence-electron chi connectivity index (χ3n) is 3.41. The van der Waals surface area contributed by atoms with Crippen LogP contribution in [0.1, 0.15) is 26.2 Å². The second kappa shape index (κ2) is 3.35. The Bertz CT molecular complexity index is 144. The minimum atomic E-state index is 0.876. The number of fused-ring (bicyclic) bond motifs is 1. The summed E-state index contributed by atoms with van der Waals surface area (Å²) in [4.78, 5) is 2.67. The van der Waals surface area contributed by atoms with Crippen molar-refractivity contribution in [2.75, 3.05) is 19.6 Å². The van der Waals surface area contributed by atoms with Crippen molar-refractivity contribution in [1.29, 1.82) is 0 Å². The number of rotatable bonds is 2. The van der Waals surface area contributed by atoms with Gasteiger partial charge in [0.05, 0.1) is 0 Å². The number of nitrogens with zero attached hydrogens (tertiary/aromatic N) is 1. The monoisotopic (exact) mass is 168 g/mol. The Balaban J connectivity index is 1.85. The smallest absolute Gasteiger partial charge is 0.0102 e. The van der Waals surface area contributed by atoms with Gasteiger partial charge in [-0.25, -0.2) is 0 Å². The molecule has 2 saturated heterocycles. The lowest BCUT2D eigenvalue weighted by Crippen LogP contribution is -2.23. The molecule has 2 aliphatic heterocycles. The largest absolute Gasteiger partial charge is 0.330 e. The maximum atomic E-state index is 5.57. The molecule has 0 spiro atoms. The van der Waals surface area contributed by atoms with E-state index in [1.807, 2.05) is 0 Å². The first-order valence-electron chi connectivity index (χ1n) is 5.23. The summed E-state index contributed by atoms with van der Waals surface area (Å²) < 4.78 is 0. The lowest BCUT2D eigenvalue weighted by atomic mass is 9.97. The number of hydrogen-bond donors (Lipinski definition) is 1. The van der Waals surface area contributed by atoms with Crippen LogP contribution in [-0.4, -0.2) is 30.6 Å². The van der Waals surface area contributed by atoms with E-state index in [0.717, 1.165) is 24.4 Å².